The van der Waals surface area contributed by atoms with E-state index in [-0.39, 0.29) is 10.6 Å². The molecule has 0 aromatic heterocycles. The molecule has 0 saturated carbocycles. The number of nitrogens with zero attached hydrogens (tertiary/aromatic N) is 1. The maximum Gasteiger partial charge on any atom is 0.275 e. The van der Waals surface area contributed by atoms with Gasteiger partial charge in [0, 0.05) is 28.3 Å². The first-order valence-electron chi connectivity index (χ1n) is 6.01. The SMILES string of the molecule is COc1ccc(NCc2ccc(Br)cc2[N+](=O)[O-])cc1Br. The zero-order chi connectivity index (χ0) is 15.4. The van der Waals surface area contributed by atoms with Crippen LogP contribution in [0, 0.1) is 10.1 Å². The normalized spacial score (nSPS) is 10.2. The Morgan fingerprint density at radius 1 is 1.24 bits per heavy atom. The molecule has 0 bridgehead atoms. The molecule has 0 unspecified atom stereocenters. The predicted molar refractivity (Wildman–Crippen MR) is 88.8 cm³/mol. The van der Waals surface area contributed by atoms with Crippen LogP contribution in [-0.2, 0) is 6.54 Å². The highest BCUT2D eigenvalue weighted by Crippen LogP contribution is 2.29. The van der Waals surface area contributed by atoms with E-state index < -0.39 is 0 Å². The van der Waals surface area contributed by atoms with Crippen LogP contribution in [0.1, 0.15) is 5.56 Å². The fourth-order valence-electron chi connectivity index (χ4n) is 1.83. The number of rotatable bonds is 5. The van der Waals surface area contributed by atoms with Gasteiger partial charge in [0.25, 0.3) is 5.69 Å². The van der Waals surface area contributed by atoms with Crippen LogP contribution in [0.15, 0.2) is 45.3 Å². The number of benzene rings is 2. The molecule has 0 radical (unpaired) electrons. The molecule has 2 aromatic rings. The van der Waals surface area contributed by atoms with Crippen LogP contribution in [0.5, 0.6) is 5.75 Å². The van der Waals surface area contributed by atoms with Crippen molar-refractivity contribution in [2.24, 2.45) is 0 Å². The zero-order valence-electron chi connectivity index (χ0n) is 11.1. The highest BCUT2D eigenvalue weighted by molar-refractivity contribution is 9.10. The lowest BCUT2D eigenvalue weighted by atomic mass is 10.1. The Hall–Kier alpha value is -1.60. The number of ether oxygens (including phenoxy) is 1. The molecular weight excluding hydrogens is 404 g/mol. The van der Waals surface area contributed by atoms with Crippen molar-refractivity contribution >= 4 is 43.2 Å². The maximum atomic E-state index is 11.1. The number of halogens is 2. The van der Waals surface area contributed by atoms with Gasteiger partial charge in [-0.1, -0.05) is 15.9 Å². The van der Waals surface area contributed by atoms with Crippen molar-refractivity contribution in [3.8, 4) is 5.75 Å². The summed E-state index contributed by atoms with van der Waals surface area (Å²) in [6.45, 7) is 0.363. The summed E-state index contributed by atoms with van der Waals surface area (Å²) in [7, 11) is 1.60. The fourth-order valence-corrected chi connectivity index (χ4v) is 2.72. The standard InChI is InChI=1S/C14H12Br2N2O3/c1-21-14-5-4-11(7-12(14)16)17-8-9-2-3-10(15)6-13(9)18(19)20/h2-7,17H,8H2,1H3. The third kappa shape index (κ3) is 3.95. The topological polar surface area (TPSA) is 64.4 Å². The van der Waals surface area contributed by atoms with Gasteiger partial charge in [-0.15, -0.1) is 0 Å². The van der Waals surface area contributed by atoms with E-state index in [0.717, 1.165) is 15.9 Å². The van der Waals surface area contributed by atoms with Crippen LogP contribution in [0.2, 0.25) is 0 Å². The smallest absolute Gasteiger partial charge is 0.275 e. The van der Waals surface area contributed by atoms with Crippen molar-refractivity contribution < 1.29 is 9.66 Å². The van der Waals surface area contributed by atoms with Gasteiger partial charge in [0.05, 0.1) is 16.5 Å². The van der Waals surface area contributed by atoms with E-state index in [1.54, 1.807) is 19.2 Å². The molecular formula is C14H12Br2N2O3. The predicted octanol–water partition coefficient (Wildman–Crippen LogP) is 4.74. The summed E-state index contributed by atoms with van der Waals surface area (Å²) in [5.74, 6) is 0.732. The molecule has 0 heterocycles. The number of hydrogen-bond donors (Lipinski definition) is 1. The lowest BCUT2D eigenvalue weighted by Gasteiger charge is -2.09. The molecule has 2 aromatic carbocycles. The number of hydrogen-bond acceptors (Lipinski definition) is 4. The summed E-state index contributed by atoms with van der Waals surface area (Å²) >= 11 is 6.64. The number of anilines is 1. The van der Waals surface area contributed by atoms with Crippen molar-refractivity contribution in [2.45, 2.75) is 6.54 Å². The van der Waals surface area contributed by atoms with E-state index in [4.69, 9.17) is 4.74 Å². The van der Waals surface area contributed by atoms with Gasteiger partial charge in [0.1, 0.15) is 5.75 Å². The molecule has 110 valence electrons. The summed E-state index contributed by atoms with van der Waals surface area (Å²) in [4.78, 5) is 10.7. The third-order valence-electron chi connectivity index (χ3n) is 2.88. The van der Waals surface area contributed by atoms with Gasteiger partial charge in [-0.3, -0.25) is 10.1 Å². The van der Waals surface area contributed by atoms with Gasteiger partial charge in [0.2, 0.25) is 0 Å². The minimum Gasteiger partial charge on any atom is -0.496 e. The van der Waals surface area contributed by atoms with Crippen molar-refractivity contribution in [3.63, 3.8) is 0 Å². The van der Waals surface area contributed by atoms with E-state index in [1.165, 1.54) is 6.07 Å². The number of methoxy groups -OCH3 is 1. The number of nitrogens with one attached hydrogen (secondary N) is 1. The van der Waals surface area contributed by atoms with Gasteiger partial charge < -0.3 is 10.1 Å². The van der Waals surface area contributed by atoms with Crippen LogP contribution in [0.3, 0.4) is 0 Å². The molecule has 0 saturated heterocycles. The summed E-state index contributed by atoms with van der Waals surface area (Å²) in [6.07, 6.45) is 0. The second kappa shape index (κ2) is 6.91. The molecule has 0 atom stereocenters. The molecule has 5 nitrogen and oxygen atoms in total. The van der Waals surface area contributed by atoms with Crippen LogP contribution >= 0.6 is 31.9 Å². The molecule has 7 heteroatoms. The monoisotopic (exact) mass is 414 g/mol. The van der Waals surface area contributed by atoms with Gasteiger partial charge in [0.15, 0.2) is 0 Å². The van der Waals surface area contributed by atoms with Crippen LogP contribution in [0.25, 0.3) is 0 Å². The molecule has 0 aliphatic heterocycles. The second-order valence-corrected chi connectivity index (χ2v) is 6.00. The van der Waals surface area contributed by atoms with Gasteiger partial charge in [-0.2, -0.15) is 0 Å². The highest BCUT2D eigenvalue weighted by atomic mass is 79.9. The van der Waals surface area contributed by atoms with E-state index in [2.05, 4.69) is 37.2 Å². The molecule has 0 spiro atoms. The van der Waals surface area contributed by atoms with Crippen molar-refractivity contribution in [3.05, 3.63) is 61.0 Å². The Morgan fingerprint density at radius 3 is 2.62 bits per heavy atom. The van der Waals surface area contributed by atoms with Gasteiger partial charge >= 0.3 is 0 Å². The first kappa shape index (κ1) is 15.8. The molecule has 21 heavy (non-hydrogen) atoms. The van der Waals surface area contributed by atoms with Crippen LogP contribution in [0.4, 0.5) is 11.4 Å². The van der Waals surface area contributed by atoms with Crippen molar-refractivity contribution in [2.75, 3.05) is 12.4 Å². The highest BCUT2D eigenvalue weighted by Gasteiger charge is 2.13. The first-order valence-corrected chi connectivity index (χ1v) is 7.60. The van der Waals surface area contributed by atoms with Crippen molar-refractivity contribution in [1.82, 2.24) is 0 Å². The summed E-state index contributed by atoms with van der Waals surface area (Å²) in [5, 5.41) is 14.2. The van der Waals surface area contributed by atoms with E-state index in [9.17, 15) is 10.1 Å². The lowest BCUT2D eigenvalue weighted by Crippen LogP contribution is -2.03. The fraction of sp³-hybridized carbons (Fsp3) is 0.143. The minimum absolute atomic E-state index is 0.0875. The second-order valence-electron chi connectivity index (χ2n) is 4.23. The summed E-state index contributed by atoms with van der Waals surface area (Å²) < 4.78 is 6.66. The van der Waals surface area contributed by atoms with Gasteiger partial charge in [-0.05, 0) is 46.3 Å². The van der Waals surface area contributed by atoms with E-state index in [1.807, 2.05) is 18.2 Å². The Bertz CT molecular complexity index is 677. The Labute approximate surface area is 138 Å². The number of nitro groups is 1. The first-order chi connectivity index (χ1) is 10.0. The zero-order valence-corrected chi connectivity index (χ0v) is 14.3. The molecule has 0 aliphatic rings. The molecule has 0 aliphatic carbocycles. The lowest BCUT2D eigenvalue weighted by molar-refractivity contribution is -0.385. The average molecular weight is 416 g/mol. The third-order valence-corrected chi connectivity index (χ3v) is 3.99. The van der Waals surface area contributed by atoms with E-state index in [0.29, 0.717) is 16.6 Å². The summed E-state index contributed by atoms with van der Waals surface area (Å²) in [6, 6.07) is 10.6. The number of nitro benzene ring substituents is 1. The summed E-state index contributed by atoms with van der Waals surface area (Å²) in [5.41, 5.74) is 1.56. The van der Waals surface area contributed by atoms with Crippen LogP contribution < -0.4 is 10.1 Å². The largest absolute Gasteiger partial charge is 0.496 e. The molecule has 0 amide bonds. The average Bonchev–Trinajstić information content (AvgIpc) is 2.46. The Kier molecular flexibility index (Phi) is 5.19. The molecule has 0 fully saturated rings. The molecule has 2 rings (SSSR count). The molecule has 1 N–H and O–H groups in total. The van der Waals surface area contributed by atoms with E-state index >= 15 is 0 Å². The Morgan fingerprint density at radius 2 is 2.00 bits per heavy atom. The Balaban J connectivity index is 2.16. The van der Waals surface area contributed by atoms with Crippen LogP contribution in [-0.4, -0.2) is 12.0 Å². The quantitative estimate of drug-likeness (QED) is 0.565. The minimum atomic E-state index is -0.383. The van der Waals surface area contributed by atoms with Crippen molar-refractivity contribution in [1.29, 1.82) is 0 Å². The van der Waals surface area contributed by atoms with Gasteiger partial charge in [-0.25, -0.2) is 0 Å². The maximum absolute atomic E-state index is 11.1.